The zero-order valence-electron chi connectivity index (χ0n) is 19.4. The van der Waals surface area contributed by atoms with Gasteiger partial charge in [0.1, 0.15) is 0 Å². The Bertz CT molecular complexity index is 770. The van der Waals surface area contributed by atoms with Crippen LogP contribution in [0.1, 0.15) is 74.6 Å². The molecule has 0 spiro atoms. The Morgan fingerprint density at radius 3 is 1.94 bits per heavy atom. The molecule has 1 aromatic rings. The molecule has 2 nitrogen and oxygen atoms in total. The van der Waals surface area contributed by atoms with E-state index in [4.69, 9.17) is 0 Å². The molecule has 8 heteroatoms. The van der Waals surface area contributed by atoms with E-state index in [0.29, 0.717) is 0 Å². The Balaban J connectivity index is 1.66. The first-order valence-corrected chi connectivity index (χ1v) is 11.8. The van der Waals surface area contributed by atoms with Gasteiger partial charge in [0.05, 0.1) is 17.2 Å². The molecule has 1 unspecified atom stereocenters. The molecule has 1 saturated heterocycles. The van der Waals surface area contributed by atoms with E-state index in [-0.39, 0.29) is 17.5 Å². The van der Waals surface area contributed by atoms with Crippen molar-refractivity contribution in [2.75, 3.05) is 26.7 Å². The highest BCUT2D eigenvalue weighted by Gasteiger charge is 2.38. The largest absolute Gasteiger partial charge is 0.416 e. The van der Waals surface area contributed by atoms with Gasteiger partial charge in [-0.2, -0.15) is 26.3 Å². The number of likely N-dealkylation sites (tertiary alicyclic amines) is 1. The molecule has 1 aromatic carbocycles. The topological polar surface area (TPSA) is 6.48 Å². The van der Waals surface area contributed by atoms with Crippen LogP contribution in [0.2, 0.25) is 0 Å². The third-order valence-electron chi connectivity index (χ3n) is 7.43. The maximum atomic E-state index is 13.3. The summed E-state index contributed by atoms with van der Waals surface area (Å²) in [6, 6.07) is 1.14. The molecule has 2 fully saturated rings. The first-order valence-electron chi connectivity index (χ1n) is 11.8. The molecule has 0 aromatic heterocycles. The number of allylic oxidation sites excluding steroid dienone is 1. The summed E-state index contributed by atoms with van der Waals surface area (Å²) in [6.45, 7) is 8.81. The molecule has 0 bridgehead atoms. The lowest BCUT2D eigenvalue weighted by molar-refractivity contribution is -0.143. The molecule has 1 aliphatic heterocycles. The van der Waals surface area contributed by atoms with Crippen LogP contribution < -0.4 is 0 Å². The fourth-order valence-electron chi connectivity index (χ4n) is 5.16. The van der Waals surface area contributed by atoms with Crippen LogP contribution >= 0.6 is 0 Å². The Labute approximate surface area is 192 Å². The smallest absolute Gasteiger partial charge is 0.371 e. The lowest BCUT2D eigenvalue weighted by Crippen LogP contribution is -2.39. The lowest BCUT2D eigenvalue weighted by atomic mass is 9.87. The van der Waals surface area contributed by atoms with Crippen molar-refractivity contribution in [3.63, 3.8) is 0 Å². The summed E-state index contributed by atoms with van der Waals surface area (Å²) < 4.78 is 79.5. The summed E-state index contributed by atoms with van der Waals surface area (Å²) >= 11 is 0. The van der Waals surface area contributed by atoms with Crippen molar-refractivity contribution >= 4 is 0 Å². The van der Waals surface area contributed by atoms with Crippen molar-refractivity contribution in [2.45, 2.75) is 70.3 Å². The van der Waals surface area contributed by atoms with Gasteiger partial charge in [0.15, 0.2) is 0 Å². The monoisotopic (exact) mass is 476 g/mol. The Hall–Kier alpha value is -1.70. The van der Waals surface area contributed by atoms with Gasteiger partial charge in [-0.25, -0.2) is 0 Å². The molecule has 0 radical (unpaired) electrons. The standard InChI is InChI=1S/C25H34F6N2/c1-17(20-9-11-33(12-10-20)16-19-7-5-4-6-8-19)32(3)18(2)21-13-22(24(26,27)28)15-23(14-21)25(29,30)31/h13-15,18-20H,1,4-12,16H2,2-3H3. The number of rotatable bonds is 6. The third kappa shape index (κ3) is 6.67. The maximum Gasteiger partial charge on any atom is 0.416 e. The molecule has 0 N–H and O–H groups in total. The number of piperidine rings is 1. The van der Waals surface area contributed by atoms with Gasteiger partial charge in [-0.05, 0) is 75.4 Å². The van der Waals surface area contributed by atoms with Crippen LogP contribution in [0, 0.1) is 11.8 Å². The zero-order chi connectivity index (χ0) is 24.4. The van der Waals surface area contributed by atoms with Crippen LogP contribution in [-0.2, 0) is 12.4 Å². The fraction of sp³-hybridized carbons (Fsp3) is 0.680. The van der Waals surface area contributed by atoms with E-state index in [1.807, 2.05) is 0 Å². The molecule has 1 saturated carbocycles. The van der Waals surface area contributed by atoms with Crippen molar-refractivity contribution in [1.29, 1.82) is 0 Å². The number of benzene rings is 1. The van der Waals surface area contributed by atoms with Crippen LogP contribution in [0.5, 0.6) is 0 Å². The number of nitrogens with zero attached hydrogens (tertiary/aromatic N) is 2. The van der Waals surface area contributed by atoms with E-state index in [9.17, 15) is 26.3 Å². The van der Waals surface area contributed by atoms with Crippen LogP contribution in [0.3, 0.4) is 0 Å². The van der Waals surface area contributed by atoms with Gasteiger partial charge in [0, 0.05) is 25.2 Å². The zero-order valence-corrected chi connectivity index (χ0v) is 19.4. The molecular formula is C25H34F6N2. The van der Waals surface area contributed by atoms with Gasteiger partial charge in [-0.15, -0.1) is 0 Å². The lowest BCUT2D eigenvalue weighted by Gasteiger charge is -2.39. The predicted molar refractivity (Wildman–Crippen MR) is 118 cm³/mol. The Kier molecular flexibility index (Phi) is 8.07. The van der Waals surface area contributed by atoms with E-state index < -0.39 is 29.5 Å². The summed E-state index contributed by atoms with van der Waals surface area (Å²) in [6.07, 6.45) is -1.35. The van der Waals surface area contributed by atoms with Crippen molar-refractivity contribution in [1.82, 2.24) is 9.80 Å². The van der Waals surface area contributed by atoms with Crippen molar-refractivity contribution in [2.24, 2.45) is 11.8 Å². The quantitative estimate of drug-likeness (QED) is 0.392. The van der Waals surface area contributed by atoms with Gasteiger partial charge < -0.3 is 9.80 Å². The summed E-state index contributed by atoms with van der Waals surface area (Å²) in [5.41, 5.74) is -1.82. The van der Waals surface area contributed by atoms with Gasteiger partial charge in [-0.1, -0.05) is 25.8 Å². The molecule has 1 heterocycles. The number of hydrogen-bond acceptors (Lipinski definition) is 2. The average molecular weight is 477 g/mol. The number of halogens is 6. The highest BCUT2D eigenvalue weighted by atomic mass is 19.4. The van der Waals surface area contributed by atoms with Crippen molar-refractivity contribution in [3.8, 4) is 0 Å². The molecular weight excluding hydrogens is 442 g/mol. The second-order valence-corrected chi connectivity index (χ2v) is 9.70. The molecule has 2 aliphatic rings. The highest BCUT2D eigenvalue weighted by Crippen LogP contribution is 2.39. The fourth-order valence-corrected chi connectivity index (χ4v) is 5.16. The summed E-state index contributed by atoms with van der Waals surface area (Å²) in [4.78, 5) is 4.22. The molecule has 186 valence electrons. The SMILES string of the molecule is C=C(C1CCN(CC2CCCCC2)CC1)N(C)C(C)c1cc(C(F)(F)F)cc(C(F)(F)F)c1. The van der Waals surface area contributed by atoms with Crippen LogP contribution in [0.25, 0.3) is 0 Å². The summed E-state index contributed by atoms with van der Waals surface area (Å²) in [7, 11) is 1.70. The molecule has 33 heavy (non-hydrogen) atoms. The van der Waals surface area contributed by atoms with Gasteiger partial charge >= 0.3 is 12.4 Å². The summed E-state index contributed by atoms with van der Waals surface area (Å²) in [5, 5.41) is 0. The first kappa shape index (κ1) is 25.9. The minimum Gasteiger partial charge on any atom is -0.371 e. The van der Waals surface area contributed by atoms with Crippen LogP contribution in [0.4, 0.5) is 26.3 Å². The summed E-state index contributed by atoms with van der Waals surface area (Å²) in [5.74, 6) is 0.942. The first-order chi connectivity index (χ1) is 15.4. The minimum atomic E-state index is -4.85. The highest BCUT2D eigenvalue weighted by molar-refractivity contribution is 5.35. The average Bonchev–Trinajstić information content (AvgIpc) is 2.77. The minimum absolute atomic E-state index is 0.0180. The van der Waals surface area contributed by atoms with E-state index in [1.54, 1.807) is 18.9 Å². The Morgan fingerprint density at radius 2 is 1.45 bits per heavy atom. The molecule has 0 amide bonds. The van der Waals surface area contributed by atoms with Crippen molar-refractivity contribution < 1.29 is 26.3 Å². The van der Waals surface area contributed by atoms with Crippen LogP contribution in [-0.4, -0.2) is 36.5 Å². The number of hydrogen-bond donors (Lipinski definition) is 0. The maximum absolute atomic E-state index is 13.3. The van der Waals surface area contributed by atoms with E-state index >= 15 is 0 Å². The van der Waals surface area contributed by atoms with E-state index in [0.717, 1.165) is 56.2 Å². The van der Waals surface area contributed by atoms with E-state index in [2.05, 4.69) is 11.5 Å². The third-order valence-corrected chi connectivity index (χ3v) is 7.43. The second kappa shape index (κ2) is 10.3. The normalized spacial score (nSPS) is 20.6. The van der Waals surface area contributed by atoms with E-state index in [1.165, 1.54) is 32.1 Å². The molecule has 1 atom stereocenters. The number of alkyl halides is 6. The predicted octanol–water partition coefficient (Wildman–Crippen LogP) is 7.52. The molecule has 3 rings (SSSR count). The van der Waals surface area contributed by atoms with Gasteiger partial charge in [0.25, 0.3) is 0 Å². The second-order valence-electron chi connectivity index (χ2n) is 9.70. The Morgan fingerprint density at radius 1 is 0.939 bits per heavy atom. The van der Waals surface area contributed by atoms with Gasteiger partial charge in [0.2, 0.25) is 0 Å². The van der Waals surface area contributed by atoms with Crippen LogP contribution in [0.15, 0.2) is 30.5 Å². The van der Waals surface area contributed by atoms with Crippen molar-refractivity contribution in [3.05, 3.63) is 47.2 Å². The molecule has 1 aliphatic carbocycles. The van der Waals surface area contributed by atoms with Gasteiger partial charge in [-0.3, -0.25) is 0 Å².